The third kappa shape index (κ3) is 3.78. The zero-order valence-corrected chi connectivity index (χ0v) is 10.9. The second kappa shape index (κ2) is 6.65. The van der Waals surface area contributed by atoms with Gasteiger partial charge in [0, 0.05) is 18.7 Å². The highest BCUT2D eigenvalue weighted by Gasteiger charge is 2.15. The molecule has 1 aliphatic rings. The maximum Gasteiger partial charge on any atom is 0.269 e. The van der Waals surface area contributed by atoms with Gasteiger partial charge in [0.1, 0.15) is 12.3 Å². The van der Waals surface area contributed by atoms with Crippen LogP contribution in [-0.2, 0) is 16.2 Å². The molecular weight excluding hydrogens is 262 g/mol. The monoisotopic (exact) mass is 277 g/mol. The quantitative estimate of drug-likeness (QED) is 0.670. The van der Waals surface area contributed by atoms with Crippen molar-refractivity contribution in [1.29, 1.82) is 0 Å². The Balaban J connectivity index is 1.91. The average molecular weight is 277 g/mol. The highest BCUT2D eigenvalue weighted by atomic mass is 16.6. The number of rotatable bonds is 4. The maximum atomic E-state index is 11.6. The van der Waals surface area contributed by atoms with Crippen molar-refractivity contribution in [1.82, 2.24) is 5.32 Å². The second-order valence-corrected chi connectivity index (χ2v) is 4.45. The fourth-order valence-electron chi connectivity index (χ4n) is 1.82. The first kappa shape index (κ1) is 14.0. The highest BCUT2D eigenvalue weighted by molar-refractivity contribution is 6.38. The minimum Gasteiger partial charge on any atom is -0.391 e. The van der Waals surface area contributed by atoms with Crippen molar-refractivity contribution in [2.24, 2.45) is 5.16 Å². The summed E-state index contributed by atoms with van der Waals surface area (Å²) in [4.78, 5) is 26.8. The van der Waals surface area contributed by atoms with Crippen LogP contribution < -0.4 is 5.32 Å². The molecule has 1 amide bonds. The van der Waals surface area contributed by atoms with Crippen LogP contribution in [0.2, 0.25) is 0 Å². The van der Waals surface area contributed by atoms with Gasteiger partial charge in [-0.2, -0.15) is 0 Å². The van der Waals surface area contributed by atoms with E-state index in [-0.39, 0.29) is 18.2 Å². The predicted molar refractivity (Wildman–Crippen MR) is 72.2 cm³/mol. The van der Waals surface area contributed by atoms with Crippen molar-refractivity contribution >= 4 is 17.3 Å². The van der Waals surface area contributed by atoms with Crippen LogP contribution in [0, 0.1) is 10.1 Å². The lowest BCUT2D eigenvalue weighted by molar-refractivity contribution is -0.384. The number of nitro groups is 1. The van der Waals surface area contributed by atoms with Crippen LogP contribution in [0.5, 0.6) is 0 Å². The molecule has 20 heavy (non-hydrogen) atoms. The SMILES string of the molecule is O=C1NCCCC/C1=N\OCc1ccc([N+](=O)[O-])cc1. The Morgan fingerprint density at radius 2 is 2.05 bits per heavy atom. The first-order chi connectivity index (χ1) is 9.66. The van der Waals surface area contributed by atoms with Gasteiger partial charge < -0.3 is 10.2 Å². The molecule has 106 valence electrons. The number of amides is 1. The summed E-state index contributed by atoms with van der Waals surface area (Å²) < 4.78 is 0. The number of nitrogens with zero attached hydrogens (tertiary/aromatic N) is 2. The van der Waals surface area contributed by atoms with Gasteiger partial charge in [-0.05, 0) is 37.0 Å². The highest BCUT2D eigenvalue weighted by Crippen LogP contribution is 2.12. The number of nitro benzene ring substituents is 1. The summed E-state index contributed by atoms with van der Waals surface area (Å²) >= 11 is 0. The van der Waals surface area contributed by atoms with Gasteiger partial charge in [0.05, 0.1) is 4.92 Å². The number of non-ortho nitro benzene ring substituents is 1. The van der Waals surface area contributed by atoms with Crippen LogP contribution in [0.25, 0.3) is 0 Å². The van der Waals surface area contributed by atoms with Crippen molar-refractivity contribution in [2.75, 3.05) is 6.54 Å². The molecule has 1 saturated heterocycles. The molecule has 2 rings (SSSR count). The van der Waals surface area contributed by atoms with Crippen LogP contribution in [0.4, 0.5) is 5.69 Å². The molecule has 7 nitrogen and oxygen atoms in total. The van der Waals surface area contributed by atoms with E-state index in [1.807, 2.05) is 0 Å². The van der Waals surface area contributed by atoms with Gasteiger partial charge in [0.2, 0.25) is 0 Å². The summed E-state index contributed by atoms with van der Waals surface area (Å²) in [6.07, 6.45) is 2.44. The average Bonchev–Trinajstić information content (AvgIpc) is 2.65. The van der Waals surface area contributed by atoms with E-state index >= 15 is 0 Å². The molecule has 0 aliphatic carbocycles. The Kier molecular flexibility index (Phi) is 4.65. The van der Waals surface area contributed by atoms with Crippen molar-refractivity contribution in [3.05, 3.63) is 39.9 Å². The van der Waals surface area contributed by atoms with Crippen LogP contribution in [0.3, 0.4) is 0 Å². The van der Waals surface area contributed by atoms with E-state index in [4.69, 9.17) is 4.84 Å². The smallest absolute Gasteiger partial charge is 0.269 e. The Morgan fingerprint density at radius 1 is 1.30 bits per heavy atom. The van der Waals surface area contributed by atoms with Gasteiger partial charge in [-0.15, -0.1) is 0 Å². The van der Waals surface area contributed by atoms with Crippen molar-refractivity contribution < 1.29 is 14.6 Å². The molecule has 0 saturated carbocycles. The molecule has 1 heterocycles. The molecule has 1 aromatic rings. The molecule has 0 bridgehead atoms. The van der Waals surface area contributed by atoms with Crippen LogP contribution in [0.15, 0.2) is 29.4 Å². The largest absolute Gasteiger partial charge is 0.391 e. The summed E-state index contributed by atoms with van der Waals surface area (Å²) in [5.41, 5.74) is 1.18. The van der Waals surface area contributed by atoms with Crippen LogP contribution >= 0.6 is 0 Å². The summed E-state index contributed by atoms with van der Waals surface area (Å²) in [7, 11) is 0. The molecule has 0 spiro atoms. The minimum atomic E-state index is -0.458. The van der Waals surface area contributed by atoms with E-state index in [1.54, 1.807) is 12.1 Å². The van der Waals surface area contributed by atoms with Gasteiger partial charge in [-0.3, -0.25) is 14.9 Å². The van der Waals surface area contributed by atoms with E-state index < -0.39 is 4.92 Å². The zero-order chi connectivity index (χ0) is 14.4. The van der Waals surface area contributed by atoms with Gasteiger partial charge in [0.15, 0.2) is 0 Å². The van der Waals surface area contributed by atoms with Crippen molar-refractivity contribution in [2.45, 2.75) is 25.9 Å². The van der Waals surface area contributed by atoms with Crippen molar-refractivity contribution in [3.8, 4) is 0 Å². The molecule has 1 aliphatic heterocycles. The molecule has 7 heteroatoms. The third-order valence-corrected chi connectivity index (χ3v) is 2.94. The second-order valence-electron chi connectivity index (χ2n) is 4.45. The lowest BCUT2D eigenvalue weighted by Gasteiger charge is -2.03. The summed E-state index contributed by atoms with van der Waals surface area (Å²) in [6, 6.07) is 6.02. The van der Waals surface area contributed by atoms with E-state index in [1.165, 1.54) is 12.1 Å². The summed E-state index contributed by atoms with van der Waals surface area (Å²) in [6.45, 7) is 0.842. The topological polar surface area (TPSA) is 93.8 Å². The minimum absolute atomic E-state index is 0.0307. The zero-order valence-electron chi connectivity index (χ0n) is 10.9. The van der Waals surface area contributed by atoms with Gasteiger partial charge in [0.25, 0.3) is 11.6 Å². The van der Waals surface area contributed by atoms with E-state index in [2.05, 4.69) is 10.5 Å². The lowest BCUT2D eigenvalue weighted by Crippen LogP contribution is -2.29. The number of nitrogens with one attached hydrogen (secondary N) is 1. The fraction of sp³-hybridized carbons (Fsp3) is 0.385. The molecule has 0 unspecified atom stereocenters. The van der Waals surface area contributed by atoms with Gasteiger partial charge >= 0.3 is 0 Å². The van der Waals surface area contributed by atoms with E-state index in [0.29, 0.717) is 18.7 Å². The number of benzene rings is 1. The third-order valence-electron chi connectivity index (χ3n) is 2.94. The van der Waals surface area contributed by atoms with E-state index in [9.17, 15) is 14.9 Å². The van der Waals surface area contributed by atoms with Crippen LogP contribution in [0.1, 0.15) is 24.8 Å². The molecular formula is C13H15N3O4. The fourth-order valence-corrected chi connectivity index (χ4v) is 1.82. The maximum absolute atomic E-state index is 11.6. The Hall–Kier alpha value is -2.44. The van der Waals surface area contributed by atoms with E-state index in [0.717, 1.165) is 18.4 Å². The molecule has 0 aromatic heterocycles. The Labute approximate surface area is 115 Å². The van der Waals surface area contributed by atoms with Crippen LogP contribution in [-0.4, -0.2) is 23.1 Å². The number of hydrogen-bond acceptors (Lipinski definition) is 5. The van der Waals surface area contributed by atoms with Gasteiger partial charge in [-0.1, -0.05) is 5.16 Å². The molecule has 1 N–H and O–H groups in total. The Bertz CT molecular complexity index is 525. The molecule has 0 radical (unpaired) electrons. The summed E-state index contributed by atoms with van der Waals surface area (Å²) in [5, 5.41) is 17.1. The van der Waals surface area contributed by atoms with Crippen molar-refractivity contribution in [3.63, 3.8) is 0 Å². The lowest BCUT2D eigenvalue weighted by atomic mass is 10.2. The predicted octanol–water partition coefficient (Wildman–Crippen LogP) is 1.77. The first-order valence-electron chi connectivity index (χ1n) is 6.37. The number of carbonyl (C=O) groups is 1. The Morgan fingerprint density at radius 3 is 2.75 bits per heavy atom. The first-order valence-corrected chi connectivity index (χ1v) is 6.37. The standard InChI is InChI=1S/C13H15N3O4/c17-13-12(3-1-2-8-14-13)15-20-9-10-4-6-11(7-5-10)16(18)19/h4-7H,1-3,8-9H2,(H,14,17)/b15-12+. The summed E-state index contributed by atoms with van der Waals surface area (Å²) in [5.74, 6) is -0.189. The number of hydrogen-bond donors (Lipinski definition) is 1. The molecule has 0 atom stereocenters. The molecule has 1 fully saturated rings. The van der Waals surface area contributed by atoms with Gasteiger partial charge in [-0.25, -0.2) is 0 Å². The number of carbonyl (C=O) groups excluding carboxylic acids is 1. The normalized spacial score (nSPS) is 17.4. The molecule has 1 aromatic carbocycles. The number of oxime groups is 1.